The molecule has 1 rings (SSSR count). The molecule has 1 saturated carbocycles. The van der Waals surface area contributed by atoms with E-state index in [9.17, 15) is 17.4 Å². The van der Waals surface area contributed by atoms with Crippen LogP contribution in [0.5, 0.6) is 0 Å². The number of nitrogens with one attached hydrogen (secondary N) is 2. The lowest BCUT2D eigenvalue weighted by molar-refractivity contribution is 0.184. The van der Waals surface area contributed by atoms with Gasteiger partial charge in [0.15, 0.2) is 0 Å². The van der Waals surface area contributed by atoms with Crippen LogP contribution in [0.4, 0.5) is 4.79 Å². The number of hydrogen-bond acceptors (Lipinski definition) is 4. The zero-order valence-corrected chi connectivity index (χ0v) is 15.1. The van der Waals surface area contributed by atoms with Crippen molar-refractivity contribution in [2.24, 2.45) is 0 Å². The summed E-state index contributed by atoms with van der Waals surface area (Å²) < 4.78 is 38.2. The first-order valence-corrected chi connectivity index (χ1v) is 10.3. The van der Waals surface area contributed by atoms with E-state index in [0.29, 0.717) is 25.7 Å². The van der Waals surface area contributed by atoms with Crippen molar-refractivity contribution in [2.75, 3.05) is 12.8 Å². The summed E-state index contributed by atoms with van der Waals surface area (Å²) in [5, 5.41) is 10.8. The molecule has 0 bridgehead atoms. The Bertz CT molecular complexity index is 531. The molecular formula is C13H26N2O5S2. The number of carboxylic acid groups (broad SMARTS) is 1. The first-order chi connectivity index (χ1) is 9.86. The van der Waals surface area contributed by atoms with Gasteiger partial charge in [-0.25, -0.2) is 22.1 Å². The molecule has 0 saturated heterocycles. The molecule has 0 aromatic heterocycles. The minimum absolute atomic E-state index is 0.112. The molecule has 0 aromatic rings. The normalized spacial score (nSPS) is 28.1. The fourth-order valence-corrected chi connectivity index (χ4v) is 4.55. The topological polar surface area (TPSA) is 113 Å². The molecule has 0 radical (unpaired) electrons. The van der Waals surface area contributed by atoms with Crippen molar-refractivity contribution in [3.63, 3.8) is 0 Å². The fourth-order valence-electron chi connectivity index (χ4n) is 2.48. The first-order valence-electron chi connectivity index (χ1n) is 7.21. The molecule has 1 aliphatic rings. The predicted molar refractivity (Wildman–Crippen MR) is 86.9 cm³/mol. The summed E-state index contributed by atoms with van der Waals surface area (Å²) >= 11 is 0. The number of sulfone groups is 1. The lowest BCUT2D eigenvalue weighted by Gasteiger charge is -2.41. The molecule has 0 aromatic carbocycles. The first kappa shape index (κ1) is 19.4. The van der Waals surface area contributed by atoms with Crippen molar-refractivity contribution in [3.8, 4) is 0 Å². The van der Waals surface area contributed by atoms with Crippen LogP contribution in [0.3, 0.4) is 0 Å². The third-order valence-corrected chi connectivity index (χ3v) is 7.35. The molecule has 1 amide bonds. The highest BCUT2D eigenvalue weighted by Gasteiger charge is 2.41. The maximum atomic E-state index is 12.4. The summed E-state index contributed by atoms with van der Waals surface area (Å²) in [6, 6.07) is 0. The summed E-state index contributed by atoms with van der Waals surface area (Å²) in [6.45, 7) is 5.60. The SMILES string of the molecule is CC(C)(C)S(=O)NC1(CNC(=O)O)CCC(S(C)(=O)=O)CC1. The Hall–Kier alpha value is -0.670. The van der Waals surface area contributed by atoms with Gasteiger partial charge >= 0.3 is 6.09 Å². The number of hydrogen-bond donors (Lipinski definition) is 3. The smallest absolute Gasteiger partial charge is 0.404 e. The molecule has 22 heavy (non-hydrogen) atoms. The summed E-state index contributed by atoms with van der Waals surface area (Å²) in [7, 11) is -4.46. The van der Waals surface area contributed by atoms with E-state index in [1.165, 1.54) is 6.26 Å². The van der Waals surface area contributed by atoms with Gasteiger partial charge in [0, 0.05) is 18.3 Å². The van der Waals surface area contributed by atoms with Gasteiger partial charge in [-0.2, -0.15) is 0 Å². The van der Waals surface area contributed by atoms with Crippen LogP contribution in [0.25, 0.3) is 0 Å². The van der Waals surface area contributed by atoms with E-state index in [0.717, 1.165) is 0 Å². The van der Waals surface area contributed by atoms with Gasteiger partial charge in [-0.15, -0.1) is 0 Å². The molecule has 7 nitrogen and oxygen atoms in total. The molecule has 130 valence electrons. The summed E-state index contributed by atoms with van der Waals surface area (Å²) in [4.78, 5) is 10.8. The fraction of sp³-hybridized carbons (Fsp3) is 0.923. The Morgan fingerprint density at radius 1 is 1.32 bits per heavy atom. The van der Waals surface area contributed by atoms with Crippen LogP contribution in [0, 0.1) is 0 Å². The standard InChI is InChI=1S/C13H26N2O5S2/c1-12(2,3)21(18)15-13(9-14-11(16)17)7-5-10(6-8-13)22(4,19)20/h10,14-15H,5-9H2,1-4H3,(H,16,17). The van der Waals surface area contributed by atoms with E-state index in [-0.39, 0.29) is 6.54 Å². The van der Waals surface area contributed by atoms with E-state index >= 15 is 0 Å². The van der Waals surface area contributed by atoms with Gasteiger partial charge < -0.3 is 10.4 Å². The maximum Gasteiger partial charge on any atom is 0.404 e. The maximum absolute atomic E-state index is 12.4. The zero-order chi connectivity index (χ0) is 17.2. The second-order valence-corrected chi connectivity index (χ2v) is 11.2. The van der Waals surface area contributed by atoms with Crippen LogP contribution in [-0.4, -0.2) is 52.2 Å². The Morgan fingerprint density at radius 2 is 1.82 bits per heavy atom. The number of carbonyl (C=O) groups is 1. The largest absolute Gasteiger partial charge is 0.465 e. The number of amides is 1. The lowest BCUT2D eigenvalue weighted by Crippen LogP contribution is -2.58. The Morgan fingerprint density at radius 3 is 2.18 bits per heavy atom. The molecule has 1 unspecified atom stereocenters. The molecule has 0 heterocycles. The van der Waals surface area contributed by atoms with E-state index in [2.05, 4.69) is 10.0 Å². The average molecular weight is 354 g/mol. The van der Waals surface area contributed by atoms with Crippen LogP contribution in [0.1, 0.15) is 46.5 Å². The minimum atomic E-state index is -3.10. The highest BCUT2D eigenvalue weighted by atomic mass is 32.2. The Kier molecular flexibility index (Phi) is 6.02. The van der Waals surface area contributed by atoms with Gasteiger partial charge in [-0.05, 0) is 46.5 Å². The van der Waals surface area contributed by atoms with Crippen LogP contribution in [-0.2, 0) is 20.8 Å². The summed E-state index contributed by atoms with van der Waals surface area (Å²) in [5.74, 6) is 0. The predicted octanol–water partition coefficient (Wildman–Crippen LogP) is 1.03. The van der Waals surface area contributed by atoms with Crippen LogP contribution < -0.4 is 10.0 Å². The van der Waals surface area contributed by atoms with Crippen LogP contribution in [0.2, 0.25) is 0 Å². The van der Waals surface area contributed by atoms with Gasteiger partial charge in [0.25, 0.3) is 0 Å². The van der Waals surface area contributed by atoms with E-state index in [1.807, 2.05) is 20.8 Å². The van der Waals surface area contributed by atoms with Gasteiger partial charge in [-0.1, -0.05) is 0 Å². The van der Waals surface area contributed by atoms with Crippen LogP contribution in [0.15, 0.2) is 0 Å². The lowest BCUT2D eigenvalue weighted by atomic mass is 9.82. The summed E-state index contributed by atoms with van der Waals surface area (Å²) in [6.07, 6.45) is 1.89. The Labute approximate surface area is 134 Å². The highest BCUT2D eigenvalue weighted by Crippen LogP contribution is 2.32. The van der Waals surface area contributed by atoms with Crippen LogP contribution >= 0.6 is 0 Å². The molecule has 0 spiro atoms. The molecule has 3 N–H and O–H groups in total. The van der Waals surface area contributed by atoms with E-state index < -0.39 is 42.5 Å². The molecule has 1 atom stereocenters. The highest BCUT2D eigenvalue weighted by molar-refractivity contribution is 7.91. The molecule has 0 aliphatic heterocycles. The summed E-state index contributed by atoms with van der Waals surface area (Å²) in [5.41, 5.74) is -0.669. The average Bonchev–Trinajstić information content (AvgIpc) is 2.35. The third-order valence-electron chi connectivity index (χ3n) is 3.94. The van der Waals surface area contributed by atoms with Crippen molar-refractivity contribution >= 4 is 26.9 Å². The quantitative estimate of drug-likeness (QED) is 0.682. The van der Waals surface area contributed by atoms with Crippen molar-refractivity contribution in [2.45, 2.75) is 62.0 Å². The second-order valence-electron chi connectivity index (χ2n) is 6.95. The van der Waals surface area contributed by atoms with Gasteiger partial charge in [0.05, 0.1) is 21.0 Å². The zero-order valence-electron chi connectivity index (χ0n) is 13.5. The molecular weight excluding hydrogens is 328 g/mol. The van der Waals surface area contributed by atoms with Crippen molar-refractivity contribution in [3.05, 3.63) is 0 Å². The van der Waals surface area contributed by atoms with Crippen molar-refractivity contribution in [1.29, 1.82) is 0 Å². The van der Waals surface area contributed by atoms with E-state index in [1.54, 1.807) is 0 Å². The molecule has 1 aliphatic carbocycles. The van der Waals surface area contributed by atoms with Gasteiger partial charge in [0.1, 0.15) is 9.84 Å². The third kappa shape index (κ3) is 5.51. The van der Waals surface area contributed by atoms with Gasteiger partial charge in [-0.3, -0.25) is 0 Å². The molecule has 1 fully saturated rings. The number of rotatable bonds is 5. The van der Waals surface area contributed by atoms with E-state index in [4.69, 9.17) is 5.11 Å². The van der Waals surface area contributed by atoms with Gasteiger partial charge in [0.2, 0.25) is 0 Å². The minimum Gasteiger partial charge on any atom is -0.465 e. The second kappa shape index (κ2) is 6.84. The molecule has 9 heteroatoms. The van der Waals surface area contributed by atoms with Crippen molar-refractivity contribution in [1.82, 2.24) is 10.0 Å². The Balaban J connectivity index is 2.86. The van der Waals surface area contributed by atoms with Crippen molar-refractivity contribution < 1.29 is 22.5 Å². The monoisotopic (exact) mass is 354 g/mol.